The molecule has 3 nitrogen and oxygen atoms in total. The lowest BCUT2D eigenvalue weighted by atomic mass is 10.2. The number of hydrogen-bond acceptors (Lipinski definition) is 3. The number of oxime groups is 1. The van der Waals surface area contributed by atoms with Gasteiger partial charge in [-0.05, 0) is 18.2 Å². The Bertz CT molecular complexity index is 647. The van der Waals surface area contributed by atoms with Crippen LogP contribution in [0.2, 0.25) is 10.0 Å². The first-order chi connectivity index (χ1) is 9.61. The molecule has 0 aliphatic heterocycles. The van der Waals surface area contributed by atoms with Gasteiger partial charge in [0.25, 0.3) is 0 Å². The number of ether oxygens (including phenoxy) is 1. The number of rotatable bonds is 4. The smallest absolute Gasteiger partial charge is 0.147 e. The molecule has 0 amide bonds. The standard InChI is InChI=1S/C14H10Cl2FNO2/c15-11-5-10(7-18-19)14(12(16)6-11)20-8-9-3-1-2-4-13(9)17/h1-7,19H,8H2/b18-7-. The van der Waals surface area contributed by atoms with Gasteiger partial charge in [-0.1, -0.05) is 46.6 Å². The van der Waals surface area contributed by atoms with Gasteiger partial charge in [0, 0.05) is 16.1 Å². The third-order valence-electron chi connectivity index (χ3n) is 2.56. The first-order valence-electron chi connectivity index (χ1n) is 5.64. The van der Waals surface area contributed by atoms with Gasteiger partial charge in [-0.2, -0.15) is 0 Å². The second-order valence-corrected chi connectivity index (χ2v) is 4.77. The van der Waals surface area contributed by atoms with Gasteiger partial charge >= 0.3 is 0 Å². The van der Waals surface area contributed by atoms with E-state index in [0.717, 1.165) is 6.21 Å². The summed E-state index contributed by atoms with van der Waals surface area (Å²) in [7, 11) is 0. The predicted molar refractivity (Wildman–Crippen MR) is 76.6 cm³/mol. The molecule has 0 heterocycles. The van der Waals surface area contributed by atoms with Crippen molar-refractivity contribution < 1.29 is 14.3 Å². The normalized spacial score (nSPS) is 10.9. The number of hydrogen-bond donors (Lipinski definition) is 1. The highest BCUT2D eigenvalue weighted by Gasteiger charge is 2.11. The van der Waals surface area contributed by atoms with Gasteiger partial charge < -0.3 is 9.94 Å². The fraction of sp³-hybridized carbons (Fsp3) is 0.0714. The predicted octanol–water partition coefficient (Wildman–Crippen LogP) is 4.52. The van der Waals surface area contributed by atoms with Crippen molar-refractivity contribution in [1.29, 1.82) is 0 Å². The van der Waals surface area contributed by atoms with Crippen molar-refractivity contribution in [2.24, 2.45) is 5.16 Å². The van der Waals surface area contributed by atoms with E-state index < -0.39 is 0 Å². The summed E-state index contributed by atoms with van der Waals surface area (Å²) in [6.45, 7) is 0.000292. The number of nitrogens with zero attached hydrogens (tertiary/aromatic N) is 1. The van der Waals surface area contributed by atoms with Crippen LogP contribution in [0.4, 0.5) is 4.39 Å². The van der Waals surface area contributed by atoms with Gasteiger partial charge in [0.05, 0.1) is 11.2 Å². The Morgan fingerprint density at radius 3 is 2.70 bits per heavy atom. The van der Waals surface area contributed by atoms with Gasteiger partial charge in [0.2, 0.25) is 0 Å². The van der Waals surface area contributed by atoms with Gasteiger partial charge in [0.15, 0.2) is 0 Å². The second-order valence-electron chi connectivity index (χ2n) is 3.93. The average molecular weight is 314 g/mol. The Labute approximate surface area is 125 Å². The number of benzene rings is 2. The van der Waals surface area contributed by atoms with Gasteiger partial charge in [-0.3, -0.25) is 0 Å². The van der Waals surface area contributed by atoms with Gasteiger partial charge in [-0.25, -0.2) is 4.39 Å². The summed E-state index contributed by atoms with van der Waals surface area (Å²) in [6, 6.07) is 9.29. The molecule has 0 unspecified atom stereocenters. The van der Waals surface area contributed by atoms with Crippen molar-refractivity contribution >= 4 is 29.4 Å². The third kappa shape index (κ3) is 3.40. The van der Waals surface area contributed by atoms with Crippen LogP contribution in [-0.4, -0.2) is 11.4 Å². The molecule has 0 radical (unpaired) electrons. The van der Waals surface area contributed by atoms with E-state index in [4.69, 9.17) is 33.1 Å². The van der Waals surface area contributed by atoms with E-state index in [2.05, 4.69) is 5.16 Å². The summed E-state index contributed by atoms with van der Waals surface area (Å²) in [5.41, 5.74) is 0.798. The molecular formula is C14H10Cl2FNO2. The van der Waals surface area contributed by atoms with Crippen LogP contribution >= 0.6 is 23.2 Å². The molecule has 6 heteroatoms. The summed E-state index contributed by atoms with van der Waals surface area (Å²) in [5.74, 6) is -0.0907. The molecular weight excluding hydrogens is 304 g/mol. The SMILES string of the molecule is O/N=C\c1cc(Cl)cc(Cl)c1OCc1ccccc1F. The quantitative estimate of drug-likeness (QED) is 0.512. The molecule has 0 aliphatic rings. The van der Waals surface area contributed by atoms with Crippen LogP contribution in [-0.2, 0) is 6.61 Å². The molecule has 0 aromatic heterocycles. The molecule has 0 atom stereocenters. The van der Waals surface area contributed by atoms with Crippen LogP contribution in [0, 0.1) is 5.82 Å². The first-order valence-corrected chi connectivity index (χ1v) is 6.40. The molecule has 2 aromatic rings. The van der Waals surface area contributed by atoms with Crippen LogP contribution in [0.5, 0.6) is 5.75 Å². The zero-order valence-corrected chi connectivity index (χ0v) is 11.7. The van der Waals surface area contributed by atoms with Crippen molar-refractivity contribution in [2.45, 2.75) is 6.61 Å². The van der Waals surface area contributed by atoms with Crippen molar-refractivity contribution in [3.05, 3.63) is 63.4 Å². The van der Waals surface area contributed by atoms with E-state index in [0.29, 0.717) is 16.1 Å². The molecule has 0 fully saturated rings. The van der Waals surface area contributed by atoms with Crippen molar-refractivity contribution in [1.82, 2.24) is 0 Å². The maximum Gasteiger partial charge on any atom is 0.147 e. The van der Waals surface area contributed by atoms with Crippen LogP contribution < -0.4 is 4.74 Å². The minimum atomic E-state index is -0.366. The molecule has 2 rings (SSSR count). The molecule has 0 bridgehead atoms. The lowest BCUT2D eigenvalue weighted by Crippen LogP contribution is -2.01. The largest absolute Gasteiger partial charge is 0.487 e. The average Bonchev–Trinajstić information content (AvgIpc) is 2.40. The highest BCUT2D eigenvalue weighted by atomic mass is 35.5. The molecule has 20 heavy (non-hydrogen) atoms. The summed E-state index contributed by atoms with van der Waals surface area (Å²) < 4.78 is 19.0. The van der Waals surface area contributed by atoms with E-state index in [9.17, 15) is 4.39 Å². The minimum absolute atomic E-state index is 0.000292. The monoisotopic (exact) mass is 313 g/mol. The lowest BCUT2D eigenvalue weighted by Gasteiger charge is -2.11. The summed E-state index contributed by atoms with van der Waals surface area (Å²) in [4.78, 5) is 0. The summed E-state index contributed by atoms with van der Waals surface area (Å²) in [6.07, 6.45) is 1.15. The fourth-order valence-corrected chi connectivity index (χ4v) is 2.22. The maximum absolute atomic E-state index is 13.5. The molecule has 1 N–H and O–H groups in total. The first kappa shape index (κ1) is 14.6. The Hall–Kier alpha value is -1.78. The highest BCUT2D eigenvalue weighted by Crippen LogP contribution is 2.32. The minimum Gasteiger partial charge on any atom is -0.487 e. The molecule has 0 saturated heterocycles. The Morgan fingerprint density at radius 2 is 2.00 bits per heavy atom. The summed E-state index contributed by atoms with van der Waals surface area (Å²) >= 11 is 11.9. The van der Waals surface area contributed by atoms with Crippen LogP contribution in [0.1, 0.15) is 11.1 Å². The Morgan fingerprint density at radius 1 is 1.25 bits per heavy atom. The van der Waals surface area contributed by atoms with Crippen molar-refractivity contribution in [3.8, 4) is 5.75 Å². The third-order valence-corrected chi connectivity index (χ3v) is 3.06. The topological polar surface area (TPSA) is 41.8 Å². The van der Waals surface area contributed by atoms with Crippen molar-refractivity contribution in [3.63, 3.8) is 0 Å². The molecule has 0 aliphatic carbocycles. The van der Waals surface area contributed by atoms with Crippen LogP contribution in [0.25, 0.3) is 0 Å². The zero-order chi connectivity index (χ0) is 14.5. The van der Waals surface area contributed by atoms with E-state index in [-0.39, 0.29) is 23.2 Å². The zero-order valence-electron chi connectivity index (χ0n) is 10.2. The molecule has 0 spiro atoms. The van der Waals surface area contributed by atoms with Gasteiger partial charge in [0.1, 0.15) is 18.2 Å². The molecule has 104 valence electrons. The second kappa shape index (κ2) is 6.59. The highest BCUT2D eigenvalue weighted by molar-refractivity contribution is 6.36. The lowest BCUT2D eigenvalue weighted by molar-refractivity contribution is 0.298. The van der Waals surface area contributed by atoms with E-state index in [1.165, 1.54) is 18.2 Å². The molecule has 2 aromatic carbocycles. The Kier molecular flexibility index (Phi) is 4.82. The summed E-state index contributed by atoms with van der Waals surface area (Å²) in [5, 5.41) is 12.2. The molecule has 0 saturated carbocycles. The Balaban J connectivity index is 2.27. The van der Waals surface area contributed by atoms with E-state index >= 15 is 0 Å². The number of halogens is 3. The van der Waals surface area contributed by atoms with E-state index in [1.807, 2.05) is 0 Å². The fourth-order valence-electron chi connectivity index (χ4n) is 1.66. The van der Waals surface area contributed by atoms with Crippen molar-refractivity contribution in [2.75, 3.05) is 0 Å². The van der Waals surface area contributed by atoms with Crippen LogP contribution in [0.15, 0.2) is 41.6 Å². The van der Waals surface area contributed by atoms with E-state index in [1.54, 1.807) is 18.2 Å². The van der Waals surface area contributed by atoms with Crippen LogP contribution in [0.3, 0.4) is 0 Å². The van der Waals surface area contributed by atoms with Gasteiger partial charge in [-0.15, -0.1) is 0 Å². The maximum atomic E-state index is 13.5.